The van der Waals surface area contributed by atoms with Crippen molar-refractivity contribution in [2.75, 3.05) is 6.54 Å². The van der Waals surface area contributed by atoms with E-state index in [1.807, 2.05) is 0 Å². The molecule has 4 heteroatoms. The first kappa shape index (κ1) is 17.2. The van der Waals surface area contributed by atoms with E-state index in [-0.39, 0.29) is 6.54 Å². The fourth-order valence-electron chi connectivity index (χ4n) is 2.61. The molecule has 1 saturated carbocycles. The molecule has 0 radical (unpaired) electrons. The maximum absolute atomic E-state index is 11.0. The zero-order valence-corrected chi connectivity index (χ0v) is 11.1. The third-order valence-electron chi connectivity index (χ3n) is 3.15. The van der Waals surface area contributed by atoms with Gasteiger partial charge in [0.2, 0.25) is 0 Å². The minimum atomic E-state index is -4.07. The van der Waals surface area contributed by atoms with Gasteiger partial charge in [0.25, 0.3) is 0 Å². The largest absolute Gasteiger partial charge is 0.390 e. The molecule has 0 saturated heterocycles. The van der Waals surface area contributed by atoms with Crippen LogP contribution in [0.1, 0.15) is 39.0 Å². The van der Waals surface area contributed by atoms with Crippen molar-refractivity contribution in [2.45, 2.75) is 45.2 Å². The fraction of sp³-hybridized carbons (Fsp3) is 0.714. The van der Waals surface area contributed by atoms with Gasteiger partial charge in [-0.05, 0) is 37.0 Å². The summed E-state index contributed by atoms with van der Waals surface area (Å²) in [4.78, 5) is 0. The molecule has 0 heterocycles. The van der Waals surface area contributed by atoms with Crippen molar-refractivity contribution in [1.29, 1.82) is 0 Å². The highest BCUT2D eigenvalue weighted by molar-refractivity contribution is 4.99. The van der Waals surface area contributed by atoms with Gasteiger partial charge in [0.05, 0.1) is 6.42 Å². The summed E-state index contributed by atoms with van der Waals surface area (Å²) in [6, 6.07) is 0. The molecule has 0 bridgehead atoms. The molecule has 106 valence electrons. The molecule has 18 heavy (non-hydrogen) atoms. The number of halogens is 3. The number of hydrogen-bond donors (Lipinski definition) is 1. The summed E-state index contributed by atoms with van der Waals surface area (Å²) >= 11 is 0. The maximum atomic E-state index is 11.0. The Morgan fingerprint density at radius 2 is 1.67 bits per heavy atom. The lowest BCUT2D eigenvalue weighted by Crippen LogP contribution is -2.34. The van der Waals surface area contributed by atoms with Crippen LogP contribution in [0.2, 0.25) is 0 Å². The van der Waals surface area contributed by atoms with Gasteiger partial charge in [-0.25, -0.2) is 0 Å². The lowest BCUT2D eigenvalue weighted by atomic mass is 9.59. The molecule has 0 aromatic rings. The van der Waals surface area contributed by atoms with Crippen molar-refractivity contribution in [3.8, 4) is 0 Å². The van der Waals surface area contributed by atoms with E-state index >= 15 is 0 Å². The average Bonchev–Trinajstić information content (AvgIpc) is 2.15. The molecule has 0 unspecified atom stereocenters. The van der Waals surface area contributed by atoms with Crippen LogP contribution in [0.5, 0.6) is 0 Å². The molecule has 1 aliphatic carbocycles. The predicted molar refractivity (Wildman–Crippen MR) is 70.2 cm³/mol. The second kappa shape index (κ2) is 7.62. The Hall–Kier alpha value is -0.770. The number of allylic oxidation sites excluding steroid dienone is 2. The van der Waals surface area contributed by atoms with Crippen molar-refractivity contribution >= 4 is 0 Å². The summed E-state index contributed by atoms with van der Waals surface area (Å²) < 4.78 is 32.9. The van der Waals surface area contributed by atoms with E-state index in [1.165, 1.54) is 25.7 Å². The molecular formula is C14H24F3N. The molecule has 0 aromatic heterocycles. The highest BCUT2D eigenvalue weighted by Crippen LogP contribution is 2.50. The van der Waals surface area contributed by atoms with E-state index in [4.69, 9.17) is 0 Å². The van der Waals surface area contributed by atoms with Crippen LogP contribution in [0.25, 0.3) is 0 Å². The van der Waals surface area contributed by atoms with Crippen LogP contribution in [0.15, 0.2) is 25.3 Å². The molecule has 2 N–H and O–H groups in total. The zero-order valence-electron chi connectivity index (χ0n) is 11.1. The Labute approximate surface area is 108 Å². The second-order valence-corrected chi connectivity index (χ2v) is 5.15. The van der Waals surface area contributed by atoms with E-state index in [0.29, 0.717) is 5.41 Å². The summed E-state index contributed by atoms with van der Waals surface area (Å²) in [5.41, 5.74) is 5.15. The molecule has 0 aromatic carbocycles. The van der Waals surface area contributed by atoms with Crippen LogP contribution in [-0.4, -0.2) is 12.7 Å². The maximum Gasteiger partial charge on any atom is 0.390 e. The number of nitrogens with two attached hydrogens (primary N) is 1. The number of alkyl halides is 3. The van der Waals surface area contributed by atoms with Crippen LogP contribution >= 0.6 is 0 Å². The van der Waals surface area contributed by atoms with E-state index < -0.39 is 12.6 Å². The highest BCUT2D eigenvalue weighted by Gasteiger charge is 2.39. The van der Waals surface area contributed by atoms with Gasteiger partial charge in [-0.15, -0.1) is 13.2 Å². The summed E-state index contributed by atoms with van der Waals surface area (Å²) in [6.07, 6.45) is 4.22. The molecular weight excluding hydrogens is 239 g/mol. The van der Waals surface area contributed by atoms with Crippen LogP contribution in [0.3, 0.4) is 0 Å². The highest BCUT2D eigenvalue weighted by atomic mass is 19.4. The molecule has 0 atom stereocenters. The first-order valence-electron chi connectivity index (χ1n) is 6.27. The minimum absolute atomic E-state index is 0.316. The molecule has 0 amide bonds. The number of hydrogen-bond acceptors (Lipinski definition) is 1. The van der Waals surface area contributed by atoms with Gasteiger partial charge >= 0.3 is 6.18 Å². The van der Waals surface area contributed by atoms with Crippen LogP contribution < -0.4 is 5.73 Å². The lowest BCUT2D eigenvalue weighted by Gasteiger charge is -2.46. The topological polar surface area (TPSA) is 26.0 Å². The van der Waals surface area contributed by atoms with E-state index in [0.717, 1.165) is 5.92 Å². The van der Waals surface area contributed by atoms with Crippen molar-refractivity contribution in [1.82, 2.24) is 0 Å². The van der Waals surface area contributed by atoms with Gasteiger partial charge in [-0.2, -0.15) is 13.2 Å². The van der Waals surface area contributed by atoms with E-state index in [1.54, 1.807) is 0 Å². The van der Waals surface area contributed by atoms with Crippen molar-refractivity contribution in [3.05, 3.63) is 25.3 Å². The lowest BCUT2D eigenvalue weighted by molar-refractivity contribution is -0.132. The monoisotopic (exact) mass is 263 g/mol. The Morgan fingerprint density at radius 1 is 1.22 bits per heavy atom. The average molecular weight is 263 g/mol. The summed E-state index contributed by atoms with van der Waals surface area (Å²) in [7, 11) is 0. The summed E-state index contributed by atoms with van der Waals surface area (Å²) in [5, 5.41) is 0. The Bertz CT molecular complexity index is 240. The van der Waals surface area contributed by atoms with Crippen LogP contribution in [0.4, 0.5) is 13.2 Å². The van der Waals surface area contributed by atoms with Crippen molar-refractivity contribution < 1.29 is 13.2 Å². The first-order chi connectivity index (χ1) is 8.28. The normalized spacial score (nSPS) is 18.3. The van der Waals surface area contributed by atoms with E-state index in [2.05, 4.69) is 38.0 Å². The molecule has 1 aliphatic rings. The Morgan fingerprint density at radius 3 is 1.83 bits per heavy atom. The standard InChI is InChI=1S/C11H18.C3H6F3N/c1-4-6-11(7-5-2)8-10(3)9-11;4-3(5,6)1-2-7/h4-5,10H,1-2,6-9H2,3H3;1-2,7H2. The quantitative estimate of drug-likeness (QED) is 0.728. The fourth-order valence-corrected chi connectivity index (χ4v) is 2.61. The smallest absolute Gasteiger partial charge is 0.330 e. The minimum Gasteiger partial charge on any atom is -0.330 e. The first-order valence-corrected chi connectivity index (χ1v) is 6.27. The molecule has 0 spiro atoms. The Balaban J connectivity index is 0.000000360. The zero-order chi connectivity index (χ0) is 14.2. The van der Waals surface area contributed by atoms with Gasteiger partial charge in [0.1, 0.15) is 0 Å². The predicted octanol–water partition coefficient (Wildman–Crippen LogP) is 4.45. The summed E-state index contributed by atoms with van der Waals surface area (Å²) in [5.74, 6) is 0.926. The molecule has 1 nitrogen and oxygen atoms in total. The third-order valence-corrected chi connectivity index (χ3v) is 3.15. The van der Waals surface area contributed by atoms with E-state index in [9.17, 15) is 13.2 Å². The van der Waals surface area contributed by atoms with Crippen molar-refractivity contribution in [2.24, 2.45) is 17.1 Å². The second-order valence-electron chi connectivity index (χ2n) is 5.15. The molecule has 1 rings (SSSR count). The van der Waals surface area contributed by atoms with Gasteiger partial charge in [0, 0.05) is 6.54 Å². The van der Waals surface area contributed by atoms with Gasteiger partial charge in [0.15, 0.2) is 0 Å². The SMILES string of the molecule is C=CCC1(CC=C)CC(C)C1.NCCC(F)(F)F. The van der Waals surface area contributed by atoms with Gasteiger partial charge < -0.3 is 5.73 Å². The van der Waals surface area contributed by atoms with Crippen LogP contribution in [-0.2, 0) is 0 Å². The molecule has 0 aliphatic heterocycles. The molecule has 1 fully saturated rings. The van der Waals surface area contributed by atoms with Crippen LogP contribution in [0, 0.1) is 11.3 Å². The van der Waals surface area contributed by atoms with Gasteiger partial charge in [-0.3, -0.25) is 0 Å². The van der Waals surface area contributed by atoms with Gasteiger partial charge in [-0.1, -0.05) is 19.1 Å². The Kier molecular flexibility index (Phi) is 7.29. The van der Waals surface area contributed by atoms with Crippen molar-refractivity contribution in [3.63, 3.8) is 0 Å². The summed E-state index contributed by atoms with van der Waals surface area (Å²) in [6.45, 7) is 9.61. The number of rotatable bonds is 5. The third kappa shape index (κ3) is 6.84.